The Hall–Kier alpha value is -1.13. The second-order valence-electron chi connectivity index (χ2n) is 4.96. The van der Waals surface area contributed by atoms with Crippen molar-refractivity contribution in [3.05, 3.63) is 23.9 Å². The van der Waals surface area contributed by atoms with Gasteiger partial charge in [-0.2, -0.15) is 0 Å². The summed E-state index contributed by atoms with van der Waals surface area (Å²) >= 11 is 0. The zero-order chi connectivity index (χ0) is 12.8. The van der Waals surface area contributed by atoms with E-state index in [0.717, 1.165) is 5.56 Å². The van der Waals surface area contributed by atoms with Gasteiger partial charge in [-0.25, -0.2) is 10.8 Å². The molecule has 0 bridgehead atoms. The monoisotopic (exact) mass is 249 g/mol. The SMILES string of the molecule is CCC1CCCCC1OCc1cccnc1NN. The molecule has 1 saturated carbocycles. The number of anilines is 1. The van der Waals surface area contributed by atoms with Crippen LogP contribution in [-0.4, -0.2) is 11.1 Å². The zero-order valence-electron chi connectivity index (χ0n) is 11.1. The van der Waals surface area contributed by atoms with Crippen LogP contribution in [0, 0.1) is 5.92 Å². The number of rotatable bonds is 5. The minimum Gasteiger partial charge on any atom is -0.373 e. The fourth-order valence-electron chi connectivity index (χ4n) is 2.74. The van der Waals surface area contributed by atoms with Gasteiger partial charge in [-0.1, -0.05) is 32.3 Å². The molecule has 2 rings (SSSR count). The van der Waals surface area contributed by atoms with E-state index in [-0.39, 0.29) is 0 Å². The molecule has 2 unspecified atom stereocenters. The zero-order valence-corrected chi connectivity index (χ0v) is 11.1. The Kier molecular flexibility index (Phi) is 4.96. The molecule has 0 aromatic carbocycles. The number of nitrogens with two attached hydrogens (primary N) is 1. The van der Waals surface area contributed by atoms with Crippen molar-refractivity contribution in [2.45, 2.75) is 51.7 Å². The molecule has 4 heteroatoms. The molecule has 100 valence electrons. The Morgan fingerprint density at radius 2 is 2.28 bits per heavy atom. The van der Waals surface area contributed by atoms with Crippen molar-refractivity contribution in [2.24, 2.45) is 11.8 Å². The number of hydrogen-bond donors (Lipinski definition) is 2. The maximum absolute atomic E-state index is 6.08. The molecular weight excluding hydrogens is 226 g/mol. The minimum atomic E-state index is 0.398. The molecule has 1 aromatic heterocycles. The predicted molar refractivity (Wildman–Crippen MR) is 72.9 cm³/mol. The third-order valence-electron chi connectivity index (χ3n) is 3.84. The highest BCUT2D eigenvalue weighted by atomic mass is 16.5. The summed E-state index contributed by atoms with van der Waals surface area (Å²) in [5.74, 6) is 6.87. The molecule has 1 aromatic rings. The molecule has 1 fully saturated rings. The van der Waals surface area contributed by atoms with Crippen molar-refractivity contribution >= 4 is 5.82 Å². The van der Waals surface area contributed by atoms with Crippen LogP contribution in [0.5, 0.6) is 0 Å². The van der Waals surface area contributed by atoms with Crippen LogP contribution >= 0.6 is 0 Å². The van der Waals surface area contributed by atoms with E-state index < -0.39 is 0 Å². The van der Waals surface area contributed by atoms with E-state index in [0.29, 0.717) is 24.4 Å². The number of ether oxygens (including phenoxy) is 1. The van der Waals surface area contributed by atoms with Gasteiger partial charge in [-0.15, -0.1) is 0 Å². The van der Waals surface area contributed by atoms with Gasteiger partial charge < -0.3 is 10.2 Å². The normalized spacial score (nSPS) is 23.9. The molecular formula is C14H23N3O. The third-order valence-corrected chi connectivity index (χ3v) is 3.84. The van der Waals surface area contributed by atoms with Crippen LogP contribution in [0.4, 0.5) is 5.82 Å². The minimum absolute atomic E-state index is 0.398. The fraction of sp³-hybridized carbons (Fsp3) is 0.643. The van der Waals surface area contributed by atoms with Gasteiger partial charge in [0, 0.05) is 11.8 Å². The first kappa shape index (κ1) is 13.3. The van der Waals surface area contributed by atoms with Gasteiger partial charge in [-0.3, -0.25) is 0 Å². The van der Waals surface area contributed by atoms with Crippen molar-refractivity contribution in [2.75, 3.05) is 5.43 Å². The lowest BCUT2D eigenvalue weighted by molar-refractivity contribution is -0.0220. The van der Waals surface area contributed by atoms with E-state index in [9.17, 15) is 0 Å². The summed E-state index contributed by atoms with van der Waals surface area (Å²) in [7, 11) is 0. The molecule has 18 heavy (non-hydrogen) atoms. The largest absolute Gasteiger partial charge is 0.373 e. The van der Waals surface area contributed by atoms with Crippen LogP contribution in [0.1, 0.15) is 44.6 Å². The molecule has 0 spiro atoms. The summed E-state index contributed by atoms with van der Waals surface area (Å²) in [5.41, 5.74) is 3.65. The van der Waals surface area contributed by atoms with Crippen molar-refractivity contribution in [3.8, 4) is 0 Å². The molecule has 0 radical (unpaired) electrons. The second kappa shape index (κ2) is 6.71. The molecule has 3 N–H and O–H groups in total. The van der Waals surface area contributed by atoms with Crippen molar-refractivity contribution in [1.82, 2.24) is 4.98 Å². The van der Waals surface area contributed by atoms with Gasteiger partial charge in [0.2, 0.25) is 0 Å². The summed E-state index contributed by atoms with van der Waals surface area (Å²) in [6, 6.07) is 3.92. The molecule has 0 amide bonds. The lowest BCUT2D eigenvalue weighted by Crippen LogP contribution is -2.27. The first-order valence-corrected chi connectivity index (χ1v) is 6.87. The van der Waals surface area contributed by atoms with E-state index in [1.54, 1.807) is 6.20 Å². The number of hydrazine groups is 1. The molecule has 4 nitrogen and oxygen atoms in total. The van der Waals surface area contributed by atoms with Gasteiger partial charge in [0.25, 0.3) is 0 Å². The Morgan fingerprint density at radius 1 is 1.44 bits per heavy atom. The number of nitrogens with zero attached hydrogens (tertiary/aromatic N) is 1. The number of hydrogen-bond acceptors (Lipinski definition) is 4. The standard InChI is InChI=1S/C14H23N3O/c1-2-11-6-3-4-8-13(11)18-10-12-7-5-9-16-14(12)17-15/h5,7,9,11,13H,2-4,6,8,10,15H2,1H3,(H,16,17). The van der Waals surface area contributed by atoms with Gasteiger partial charge in [0.15, 0.2) is 0 Å². The molecule has 2 atom stereocenters. The Balaban J connectivity index is 1.93. The van der Waals surface area contributed by atoms with Gasteiger partial charge >= 0.3 is 0 Å². The lowest BCUT2D eigenvalue weighted by atomic mass is 9.85. The molecule has 0 aliphatic heterocycles. The maximum Gasteiger partial charge on any atom is 0.145 e. The van der Waals surface area contributed by atoms with E-state index in [1.165, 1.54) is 32.1 Å². The van der Waals surface area contributed by atoms with Crippen LogP contribution in [0.15, 0.2) is 18.3 Å². The van der Waals surface area contributed by atoms with E-state index in [1.807, 2.05) is 12.1 Å². The Morgan fingerprint density at radius 3 is 3.06 bits per heavy atom. The van der Waals surface area contributed by atoms with Crippen LogP contribution in [0.25, 0.3) is 0 Å². The number of nitrogens with one attached hydrogen (secondary N) is 1. The fourth-order valence-corrected chi connectivity index (χ4v) is 2.74. The average molecular weight is 249 g/mol. The topological polar surface area (TPSA) is 60.2 Å². The highest BCUT2D eigenvalue weighted by Gasteiger charge is 2.24. The highest BCUT2D eigenvalue weighted by Crippen LogP contribution is 2.30. The van der Waals surface area contributed by atoms with Crippen LogP contribution in [0.2, 0.25) is 0 Å². The maximum atomic E-state index is 6.08. The Bertz CT molecular complexity index is 370. The Labute approximate surface area is 109 Å². The number of aromatic nitrogens is 1. The second-order valence-corrected chi connectivity index (χ2v) is 4.96. The van der Waals surface area contributed by atoms with Gasteiger partial charge in [-0.05, 0) is 24.8 Å². The van der Waals surface area contributed by atoms with E-state index >= 15 is 0 Å². The summed E-state index contributed by atoms with van der Waals surface area (Å²) in [4.78, 5) is 4.18. The molecule has 1 aliphatic rings. The summed E-state index contributed by atoms with van der Waals surface area (Å²) in [6.45, 7) is 2.85. The lowest BCUT2D eigenvalue weighted by Gasteiger charge is -2.30. The first-order valence-electron chi connectivity index (χ1n) is 6.87. The van der Waals surface area contributed by atoms with E-state index in [4.69, 9.17) is 10.6 Å². The quantitative estimate of drug-likeness (QED) is 0.622. The van der Waals surface area contributed by atoms with Crippen molar-refractivity contribution in [1.29, 1.82) is 0 Å². The average Bonchev–Trinajstić information content (AvgIpc) is 2.45. The predicted octanol–water partition coefficient (Wildman–Crippen LogP) is 2.85. The number of pyridine rings is 1. The van der Waals surface area contributed by atoms with Crippen LogP contribution < -0.4 is 11.3 Å². The molecule has 1 heterocycles. The first-order chi connectivity index (χ1) is 8.85. The van der Waals surface area contributed by atoms with Crippen molar-refractivity contribution < 1.29 is 4.74 Å². The smallest absolute Gasteiger partial charge is 0.145 e. The van der Waals surface area contributed by atoms with Crippen molar-refractivity contribution in [3.63, 3.8) is 0 Å². The van der Waals surface area contributed by atoms with Crippen LogP contribution in [0.3, 0.4) is 0 Å². The highest BCUT2D eigenvalue weighted by molar-refractivity contribution is 5.41. The van der Waals surface area contributed by atoms with Gasteiger partial charge in [0.05, 0.1) is 12.7 Å². The molecule has 1 aliphatic carbocycles. The number of nitrogen functional groups attached to an aromatic ring is 1. The summed E-state index contributed by atoms with van der Waals surface area (Å²) < 4.78 is 6.08. The van der Waals surface area contributed by atoms with Crippen LogP contribution in [-0.2, 0) is 11.3 Å². The van der Waals surface area contributed by atoms with Gasteiger partial charge in [0.1, 0.15) is 5.82 Å². The summed E-state index contributed by atoms with van der Waals surface area (Å²) in [6.07, 6.45) is 8.46. The molecule has 0 saturated heterocycles. The summed E-state index contributed by atoms with van der Waals surface area (Å²) in [5, 5.41) is 0. The van der Waals surface area contributed by atoms with E-state index in [2.05, 4.69) is 17.3 Å². The third kappa shape index (κ3) is 3.21.